The highest BCUT2D eigenvalue weighted by molar-refractivity contribution is 7.90. The van der Waals surface area contributed by atoms with E-state index >= 15 is 0 Å². The molecule has 0 aliphatic rings. The van der Waals surface area contributed by atoms with E-state index in [-0.39, 0.29) is 11.8 Å². The van der Waals surface area contributed by atoms with Crippen molar-refractivity contribution in [1.82, 2.24) is 4.57 Å². The Morgan fingerprint density at radius 2 is 1.75 bits per heavy atom. The second-order valence-electron chi connectivity index (χ2n) is 6.13. The molecule has 1 aromatic heterocycles. The van der Waals surface area contributed by atoms with Gasteiger partial charge in [-0.25, -0.2) is 0 Å². The van der Waals surface area contributed by atoms with E-state index in [0.29, 0.717) is 11.3 Å². The lowest BCUT2D eigenvalue weighted by Crippen LogP contribution is -2.18. The summed E-state index contributed by atoms with van der Waals surface area (Å²) >= 11 is -0.891. The predicted octanol–water partition coefficient (Wildman–Crippen LogP) is 4.12. The Hall–Kier alpha value is -2.04. The van der Waals surface area contributed by atoms with Crippen LogP contribution in [-0.4, -0.2) is 26.9 Å². The van der Waals surface area contributed by atoms with Crippen molar-refractivity contribution in [3.8, 4) is 0 Å². The van der Waals surface area contributed by atoms with Gasteiger partial charge in [0.15, 0.2) is 5.78 Å². The molecule has 124 valence electrons. The largest absolute Gasteiger partial charge is 0.616 e. The standard InChI is InChI=1S/C20H21NO2S/c1-14(13-24(3)23)21-15(2)19(17-11-7-8-12-18(17)21)20(22)16-9-5-4-6-10-16/h4-12,14H,13H2,1-3H3. The second kappa shape index (κ2) is 6.83. The fourth-order valence-corrected chi connectivity index (χ4v) is 4.22. The number of hydrogen-bond donors (Lipinski definition) is 0. The summed E-state index contributed by atoms with van der Waals surface area (Å²) in [5.41, 5.74) is 3.39. The van der Waals surface area contributed by atoms with Gasteiger partial charge in [-0.15, -0.1) is 0 Å². The zero-order chi connectivity index (χ0) is 17.3. The molecule has 3 nitrogen and oxygen atoms in total. The Kier molecular flexibility index (Phi) is 4.78. The maximum absolute atomic E-state index is 13.1. The van der Waals surface area contributed by atoms with Crippen LogP contribution in [0.2, 0.25) is 0 Å². The Balaban J connectivity index is 2.19. The molecule has 24 heavy (non-hydrogen) atoms. The number of hydrogen-bond acceptors (Lipinski definition) is 2. The molecule has 4 heteroatoms. The Morgan fingerprint density at radius 1 is 1.12 bits per heavy atom. The van der Waals surface area contributed by atoms with Gasteiger partial charge in [-0.1, -0.05) is 59.7 Å². The molecule has 0 saturated carbocycles. The van der Waals surface area contributed by atoms with Crippen molar-refractivity contribution in [1.29, 1.82) is 0 Å². The summed E-state index contributed by atoms with van der Waals surface area (Å²) in [5.74, 6) is 0.603. The summed E-state index contributed by atoms with van der Waals surface area (Å²) < 4.78 is 13.8. The van der Waals surface area contributed by atoms with E-state index < -0.39 is 11.2 Å². The molecule has 2 aromatic carbocycles. The number of carbonyl (C=O) groups is 1. The van der Waals surface area contributed by atoms with Gasteiger partial charge in [-0.2, -0.15) is 0 Å². The number of nitrogens with zero attached hydrogens (tertiary/aromatic N) is 1. The van der Waals surface area contributed by atoms with Crippen LogP contribution in [0.1, 0.15) is 34.6 Å². The van der Waals surface area contributed by atoms with Gasteiger partial charge in [0.25, 0.3) is 0 Å². The van der Waals surface area contributed by atoms with Gasteiger partial charge >= 0.3 is 0 Å². The molecule has 2 atom stereocenters. The number of para-hydroxylation sites is 1. The van der Waals surface area contributed by atoms with Gasteiger partial charge in [0.1, 0.15) is 5.75 Å². The highest BCUT2D eigenvalue weighted by atomic mass is 32.2. The van der Waals surface area contributed by atoms with E-state index in [4.69, 9.17) is 0 Å². The molecule has 1 heterocycles. The maximum Gasteiger partial charge on any atom is 0.195 e. The van der Waals surface area contributed by atoms with Crippen molar-refractivity contribution in [2.45, 2.75) is 19.9 Å². The van der Waals surface area contributed by atoms with Crippen LogP contribution in [0.15, 0.2) is 54.6 Å². The summed E-state index contributed by atoms with van der Waals surface area (Å²) in [6.45, 7) is 4.03. The van der Waals surface area contributed by atoms with Crippen LogP contribution in [0.4, 0.5) is 0 Å². The average molecular weight is 339 g/mol. The van der Waals surface area contributed by atoms with E-state index in [0.717, 1.165) is 22.2 Å². The van der Waals surface area contributed by atoms with Crippen LogP contribution in [0, 0.1) is 6.92 Å². The van der Waals surface area contributed by atoms with E-state index in [1.807, 2.05) is 61.5 Å². The van der Waals surface area contributed by atoms with Gasteiger partial charge < -0.3 is 9.12 Å². The van der Waals surface area contributed by atoms with Crippen molar-refractivity contribution in [2.24, 2.45) is 0 Å². The third-order valence-electron chi connectivity index (χ3n) is 4.34. The van der Waals surface area contributed by atoms with Crippen molar-refractivity contribution in [2.75, 3.05) is 12.0 Å². The number of ketones is 1. The third kappa shape index (κ3) is 2.99. The number of benzene rings is 2. The molecule has 0 N–H and O–H groups in total. The smallest absolute Gasteiger partial charge is 0.195 e. The van der Waals surface area contributed by atoms with Crippen molar-refractivity contribution in [3.05, 3.63) is 71.4 Å². The molecule has 0 spiro atoms. The zero-order valence-corrected chi connectivity index (χ0v) is 15.0. The lowest BCUT2D eigenvalue weighted by Gasteiger charge is -2.18. The van der Waals surface area contributed by atoms with Crippen LogP contribution < -0.4 is 0 Å². The molecule has 0 bridgehead atoms. The number of fused-ring (bicyclic) bond motifs is 1. The molecular weight excluding hydrogens is 318 g/mol. The van der Waals surface area contributed by atoms with E-state index in [1.165, 1.54) is 0 Å². The van der Waals surface area contributed by atoms with Gasteiger partial charge in [0.05, 0.1) is 17.9 Å². The first-order valence-electron chi connectivity index (χ1n) is 8.00. The quantitative estimate of drug-likeness (QED) is 0.518. The highest BCUT2D eigenvalue weighted by Gasteiger charge is 2.24. The first-order valence-corrected chi connectivity index (χ1v) is 9.72. The number of aromatic nitrogens is 1. The van der Waals surface area contributed by atoms with Gasteiger partial charge in [0, 0.05) is 22.2 Å². The van der Waals surface area contributed by atoms with Crippen molar-refractivity contribution in [3.63, 3.8) is 0 Å². The minimum Gasteiger partial charge on any atom is -0.616 e. The van der Waals surface area contributed by atoms with Gasteiger partial charge in [0.2, 0.25) is 0 Å². The number of carbonyl (C=O) groups excluding carboxylic acids is 1. The van der Waals surface area contributed by atoms with E-state index in [9.17, 15) is 9.35 Å². The molecule has 0 aliphatic heterocycles. The molecule has 0 saturated heterocycles. The molecular formula is C20H21NO2S. The molecule has 0 fully saturated rings. The van der Waals surface area contributed by atoms with Gasteiger partial charge in [-0.05, 0) is 19.9 Å². The molecule has 2 unspecified atom stereocenters. The van der Waals surface area contributed by atoms with Crippen molar-refractivity contribution < 1.29 is 9.35 Å². The summed E-state index contributed by atoms with van der Waals surface area (Å²) in [6, 6.07) is 17.4. The third-order valence-corrected chi connectivity index (χ3v) is 5.29. The second-order valence-corrected chi connectivity index (χ2v) is 7.61. The molecule has 0 radical (unpaired) electrons. The molecule has 0 amide bonds. The van der Waals surface area contributed by atoms with Crippen LogP contribution in [0.25, 0.3) is 10.9 Å². The SMILES string of the molecule is Cc1c(C(=O)c2ccccc2)c2ccccc2n1C(C)C[S+](C)[O-]. The summed E-state index contributed by atoms with van der Waals surface area (Å²) in [7, 11) is 0. The predicted molar refractivity (Wildman–Crippen MR) is 100 cm³/mol. The summed E-state index contributed by atoms with van der Waals surface area (Å²) in [4.78, 5) is 13.1. The molecule has 0 aliphatic carbocycles. The normalized spacial score (nSPS) is 13.8. The van der Waals surface area contributed by atoms with Crippen LogP contribution in [0.3, 0.4) is 0 Å². The highest BCUT2D eigenvalue weighted by Crippen LogP contribution is 2.31. The first kappa shape index (κ1) is 16.8. The van der Waals surface area contributed by atoms with E-state index in [2.05, 4.69) is 11.5 Å². The fraction of sp³-hybridized carbons (Fsp3) is 0.250. The monoisotopic (exact) mass is 339 g/mol. The minimum atomic E-state index is -0.891. The lowest BCUT2D eigenvalue weighted by molar-refractivity contribution is 0.103. The lowest BCUT2D eigenvalue weighted by atomic mass is 10.0. The van der Waals surface area contributed by atoms with Gasteiger partial charge in [-0.3, -0.25) is 4.79 Å². The molecule has 3 rings (SSSR count). The summed E-state index contributed by atoms with van der Waals surface area (Å²) in [5, 5.41) is 0.956. The Morgan fingerprint density at radius 3 is 2.42 bits per heavy atom. The number of rotatable bonds is 5. The maximum atomic E-state index is 13.1. The van der Waals surface area contributed by atoms with Crippen molar-refractivity contribution >= 4 is 27.9 Å². The van der Waals surface area contributed by atoms with Crippen LogP contribution in [0.5, 0.6) is 0 Å². The average Bonchev–Trinajstić information content (AvgIpc) is 2.86. The minimum absolute atomic E-state index is 0.0351. The fourth-order valence-electron chi connectivity index (χ4n) is 3.39. The van der Waals surface area contributed by atoms with Crippen LogP contribution >= 0.6 is 0 Å². The Bertz CT molecular complexity index is 868. The van der Waals surface area contributed by atoms with Crippen LogP contribution in [-0.2, 0) is 11.2 Å². The van der Waals surface area contributed by atoms with E-state index in [1.54, 1.807) is 6.26 Å². The molecule has 3 aromatic rings. The zero-order valence-electron chi connectivity index (χ0n) is 14.2. The Labute approximate surface area is 145 Å². The topological polar surface area (TPSA) is 45.1 Å². The summed E-state index contributed by atoms with van der Waals surface area (Å²) in [6.07, 6.45) is 1.72. The first-order chi connectivity index (χ1) is 11.5.